The highest BCUT2D eigenvalue weighted by atomic mass is 35.5. The number of carbonyl (C=O) groups is 2. The first-order valence-electron chi connectivity index (χ1n) is 5.75. The predicted octanol–water partition coefficient (Wildman–Crippen LogP) is 1.89. The summed E-state index contributed by atoms with van der Waals surface area (Å²) in [6.45, 7) is 0.310. The lowest BCUT2D eigenvalue weighted by molar-refractivity contribution is -0.144. The lowest BCUT2D eigenvalue weighted by Crippen LogP contribution is -2.38. The molecule has 1 aromatic heterocycles. The Morgan fingerprint density at radius 2 is 2.21 bits per heavy atom. The molecule has 19 heavy (non-hydrogen) atoms. The Morgan fingerprint density at radius 3 is 2.74 bits per heavy atom. The van der Waals surface area contributed by atoms with Gasteiger partial charge in [-0.1, -0.05) is 11.6 Å². The van der Waals surface area contributed by atoms with E-state index in [4.69, 9.17) is 21.4 Å². The number of aliphatic carboxylic acids is 1. The van der Waals surface area contributed by atoms with Gasteiger partial charge in [0.2, 0.25) is 5.91 Å². The molecule has 1 N–H and O–H groups in total. The second-order valence-corrected chi connectivity index (χ2v) is 5.71. The first-order valence-corrected chi connectivity index (χ1v) is 6.95. The molecule has 0 unspecified atom stereocenters. The molecule has 0 spiro atoms. The summed E-state index contributed by atoms with van der Waals surface area (Å²) in [5.41, 5.74) is 0. The number of methoxy groups -OCH3 is 1. The maximum Gasteiger partial charge on any atom is 0.323 e. The van der Waals surface area contributed by atoms with Gasteiger partial charge in [-0.05, 0) is 18.6 Å². The average Bonchev–Trinajstić information content (AvgIpc) is 2.77. The summed E-state index contributed by atoms with van der Waals surface area (Å²) in [6.07, 6.45) is 0.840. The zero-order valence-corrected chi connectivity index (χ0v) is 12.2. The van der Waals surface area contributed by atoms with Gasteiger partial charge < -0.3 is 14.7 Å². The van der Waals surface area contributed by atoms with Gasteiger partial charge in [-0.15, -0.1) is 11.3 Å². The van der Waals surface area contributed by atoms with Crippen LogP contribution in [0.3, 0.4) is 0 Å². The molecule has 0 radical (unpaired) electrons. The van der Waals surface area contributed by atoms with Gasteiger partial charge in [0.25, 0.3) is 0 Å². The van der Waals surface area contributed by atoms with Gasteiger partial charge in [0, 0.05) is 25.0 Å². The van der Waals surface area contributed by atoms with Gasteiger partial charge >= 0.3 is 5.97 Å². The largest absolute Gasteiger partial charge is 0.480 e. The Labute approximate surface area is 120 Å². The molecule has 0 saturated carbocycles. The van der Waals surface area contributed by atoms with E-state index in [2.05, 4.69) is 0 Å². The number of carbonyl (C=O) groups excluding carboxylic acids is 1. The van der Waals surface area contributed by atoms with Crippen LogP contribution in [0.1, 0.15) is 11.3 Å². The Morgan fingerprint density at radius 1 is 1.47 bits per heavy atom. The zero-order valence-electron chi connectivity index (χ0n) is 10.6. The van der Waals surface area contributed by atoms with Crippen LogP contribution in [-0.2, 0) is 20.7 Å². The van der Waals surface area contributed by atoms with Gasteiger partial charge in [0.05, 0.1) is 10.9 Å². The topological polar surface area (TPSA) is 66.8 Å². The molecule has 5 nitrogen and oxygen atoms in total. The smallest absolute Gasteiger partial charge is 0.323 e. The predicted molar refractivity (Wildman–Crippen MR) is 73.7 cm³/mol. The summed E-state index contributed by atoms with van der Waals surface area (Å²) in [4.78, 5) is 25.0. The molecule has 1 amide bonds. The first-order chi connectivity index (χ1) is 9.02. The molecular formula is C12H16ClNO4S. The van der Waals surface area contributed by atoms with Gasteiger partial charge in [-0.2, -0.15) is 0 Å². The van der Waals surface area contributed by atoms with Crippen LogP contribution in [0.2, 0.25) is 4.34 Å². The number of ether oxygens (including phenoxy) is 1. The van der Waals surface area contributed by atoms with Crippen molar-refractivity contribution in [2.75, 3.05) is 26.8 Å². The van der Waals surface area contributed by atoms with Crippen molar-refractivity contribution in [2.24, 2.45) is 0 Å². The Hall–Kier alpha value is -1.11. The van der Waals surface area contributed by atoms with Crippen LogP contribution in [0.4, 0.5) is 0 Å². The fourth-order valence-corrected chi connectivity index (χ4v) is 2.62. The molecule has 7 heteroatoms. The lowest BCUT2D eigenvalue weighted by Gasteiger charge is -2.20. The third-order valence-electron chi connectivity index (χ3n) is 2.46. The van der Waals surface area contributed by atoms with E-state index in [0.29, 0.717) is 17.4 Å². The SMILES string of the molecule is COCCN(CC(=O)O)C(=O)CCc1ccc(Cl)s1. The Balaban J connectivity index is 2.48. The summed E-state index contributed by atoms with van der Waals surface area (Å²) in [5.74, 6) is -1.22. The van der Waals surface area contributed by atoms with E-state index in [1.807, 2.05) is 6.07 Å². The molecule has 0 fully saturated rings. The highest BCUT2D eigenvalue weighted by Gasteiger charge is 2.16. The normalized spacial score (nSPS) is 10.4. The number of thiophene rings is 1. The van der Waals surface area contributed by atoms with Crippen LogP contribution in [0.5, 0.6) is 0 Å². The Kier molecular flexibility index (Phi) is 6.83. The molecule has 0 saturated heterocycles. The number of rotatable bonds is 8. The third-order valence-corrected chi connectivity index (χ3v) is 3.75. The number of hydrogen-bond donors (Lipinski definition) is 1. The fraction of sp³-hybridized carbons (Fsp3) is 0.500. The second kappa shape index (κ2) is 8.14. The van der Waals surface area contributed by atoms with Gasteiger partial charge in [-0.25, -0.2) is 0 Å². The van der Waals surface area contributed by atoms with Crippen LogP contribution in [0.25, 0.3) is 0 Å². The minimum atomic E-state index is -1.02. The number of amides is 1. The van der Waals surface area contributed by atoms with Crippen LogP contribution in [-0.4, -0.2) is 48.7 Å². The number of carboxylic acids is 1. The number of nitrogens with zero attached hydrogens (tertiary/aromatic N) is 1. The summed E-state index contributed by atoms with van der Waals surface area (Å²) >= 11 is 7.23. The van der Waals surface area contributed by atoms with Gasteiger partial charge in [0.1, 0.15) is 6.54 Å². The maximum atomic E-state index is 11.9. The molecule has 0 aromatic carbocycles. The summed E-state index contributed by atoms with van der Waals surface area (Å²) in [7, 11) is 1.51. The van der Waals surface area contributed by atoms with E-state index in [0.717, 1.165) is 4.88 Å². The molecule has 0 aliphatic carbocycles. The quantitative estimate of drug-likeness (QED) is 0.796. The van der Waals surface area contributed by atoms with E-state index in [-0.39, 0.29) is 25.4 Å². The molecule has 1 rings (SSSR count). The summed E-state index contributed by atoms with van der Waals surface area (Å²) < 4.78 is 5.55. The molecule has 1 heterocycles. The van der Waals surface area contributed by atoms with Crippen molar-refractivity contribution >= 4 is 34.8 Å². The Bertz CT molecular complexity index is 435. The van der Waals surface area contributed by atoms with Crippen LogP contribution >= 0.6 is 22.9 Å². The standard InChI is InChI=1S/C12H16ClNO4S/c1-18-7-6-14(8-12(16)17)11(15)5-3-9-2-4-10(13)19-9/h2,4H,3,5-8H2,1H3,(H,16,17). The van der Waals surface area contributed by atoms with Crippen LogP contribution < -0.4 is 0 Å². The molecule has 106 valence electrons. The van der Waals surface area contributed by atoms with E-state index in [1.165, 1.54) is 23.3 Å². The van der Waals surface area contributed by atoms with Crippen molar-refractivity contribution in [1.29, 1.82) is 0 Å². The third kappa shape index (κ3) is 6.04. The average molecular weight is 306 g/mol. The number of halogens is 1. The summed E-state index contributed by atoms with van der Waals surface area (Å²) in [5, 5.41) is 8.77. The molecule has 0 bridgehead atoms. The summed E-state index contributed by atoms with van der Waals surface area (Å²) in [6, 6.07) is 3.66. The monoisotopic (exact) mass is 305 g/mol. The van der Waals surface area contributed by atoms with E-state index >= 15 is 0 Å². The van der Waals surface area contributed by atoms with E-state index in [1.54, 1.807) is 6.07 Å². The molecular weight excluding hydrogens is 290 g/mol. The first kappa shape index (κ1) is 15.9. The van der Waals surface area contributed by atoms with Crippen LogP contribution in [0.15, 0.2) is 12.1 Å². The number of carboxylic acid groups (broad SMARTS) is 1. The van der Waals surface area contributed by atoms with Crippen molar-refractivity contribution < 1.29 is 19.4 Å². The second-order valence-electron chi connectivity index (χ2n) is 3.91. The zero-order chi connectivity index (χ0) is 14.3. The van der Waals surface area contributed by atoms with E-state index < -0.39 is 5.97 Å². The number of aryl methyl sites for hydroxylation is 1. The molecule has 0 atom stereocenters. The van der Waals surface area contributed by atoms with Crippen LogP contribution in [0, 0.1) is 0 Å². The van der Waals surface area contributed by atoms with Gasteiger partial charge in [-0.3, -0.25) is 9.59 Å². The number of hydrogen-bond acceptors (Lipinski definition) is 4. The highest BCUT2D eigenvalue weighted by molar-refractivity contribution is 7.16. The van der Waals surface area contributed by atoms with Gasteiger partial charge in [0.15, 0.2) is 0 Å². The fourth-order valence-electron chi connectivity index (χ4n) is 1.53. The van der Waals surface area contributed by atoms with Crippen molar-refractivity contribution in [3.8, 4) is 0 Å². The highest BCUT2D eigenvalue weighted by Crippen LogP contribution is 2.22. The maximum absolute atomic E-state index is 11.9. The minimum Gasteiger partial charge on any atom is -0.480 e. The lowest BCUT2D eigenvalue weighted by atomic mass is 10.2. The molecule has 0 aliphatic heterocycles. The van der Waals surface area contributed by atoms with Crippen molar-refractivity contribution in [1.82, 2.24) is 4.90 Å². The van der Waals surface area contributed by atoms with Crippen molar-refractivity contribution in [2.45, 2.75) is 12.8 Å². The van der Waals surface area contributed by atoms with E-state index in [9.17, 15) is 9.59 Å². The molecule has 1 aromatic rings. The minimum absolute atomic E-state index is 0.191. The van der Waals surface area contributed by atoms with Crippen molar-refractivity contribution in [3.63, 3.8) is 0 Å². The molecule has 0 aliphatic rings. The van der Waals surface area contributed by atoms with Crippen molar-refractivity contribution in [3.05, 3.63) is 21.3 Å².